The summed E-state index contributed by atoms with van der Waals surface area (Å²) in [5.74, 6) is 0. The van der Waals surface area contributed by atoms with Crippen LogP contribution in [0, 0.1) is 19.0 Å². The van der Waals surface area contributed by atoms with Gasteiger partial charge in [0.1, 0.15) is 5.58 Å². The number of nitrogens with zero attached hydrogens (tertiary/aromatic N) is 3. The van der Waals surface area contributed by atoms with Crippen molar-refractivity contribution in [2.45, 2.75) is 26.1 Å². The Bertz CT molecular complexity index is 2700. The summed E-state index contributed by atoms with van der Waals surface area (Å²) in [6.07, 6.45) is 3.55. The molecule has 0 atom stereocenters. The van der Waals surface area contributed by atoms with E-state index in [2.05, 4.69) is 72.3 Å². The van der Waals surface area contributed by atoms with E-state index in [-0.39, 0.29) is 25.5 Å². The van der Waals surface area contributed by atoms with Crippen LogP contribution in [0.25, 0.3) is 66.8 Å². The first-order chi connectivity index (χ1) is 27.1. The molecule has 9 rings (SSSR count). The molecular weight excluding hydrogens is 839 g/mol. The van der Waals surface area contributed by atoms with Crippen LogP contribution in [0.4, 0.5) is 0 Å². The molecule has 4 nitrogen and oxygen atoms in total. The van der Waals surface area contributed by atoms with Crippen LogP contribution < -0.4 is 0 Å². The van der Waals surface area contributed by atoms with E-state index in [1.807, 2.05) is 109 Å². The number of hydrogen-bond donors (Lipinski definition) is 0. The van der Waals surface area contributed by atoms with Crippen LogP contribution in [0.1, 0.15) is 34.8 Å². The van der Waals surface area contributed by atoms with Crippen molar-refractivity contribution in [2.75, 3.05) is 0 Å². The molecule has 4 heterocycles. The van der Waals surface area contributed by atoms with Gasteiger partial charge in [-0.15, -0.1) is 53.6 Å². The summed E-state index contributed by atoms with van der Waals surface area (Å²) >= 11 is 0. The van der Waals surface area contributed by atoms with E-state index in [0.717, 1.165) is 50.2 Å². The zero-order chi connectivity index (χ0) is 38.7. The summed E-state index contributed by atoms with van der Waals surface area (Å²) in [4.78, 5) is 14.0. The summed E-state index contributed by atoms with van der Waals surface area (Å²) in [5.41, 5.74) is 12.1. The molecule has 0 saturated carbocycles. The van der Waals surface area contributed by atoms with Crippen molar-refractivity contribution in [3.8, 4) is 44.8 Å². The summed E-state index contributed by atoms with van der Waals surface area (Å²) in [6, 6.07) is 58.0. The zero-order valence-electron chi connectivity index (χ0n) is 32.7. The van der Waals surface area contributed by atoms with Gasteiger partial charge in [-0.1, -0.05) is 128 Å². The van der Waals surface area contributed by atoms with E-state index in [1.165, 1.54) is 16.7 Å². The van der Waals surface area contributed by atoms with Crippen molar-refractivity contribution in [3.63, 3.8) is 0 Å². The van der Waals surface area contributed by atoms with Crippen molar-refractivity contribution >= 4 is 22.1 Å². The van der Waals surface area contributed by atoms with Crippen LogP contribution in [0.15, 0.2) is 175 Å². The van der Waals surface area contributed by atoms with Gasteiger partial charge in [0.05, 0.1) is 16.8 Å². The number of benzene rings is 5. The van der Waals surface area contributed by atoms with E-state index in [0.29, 0.717) is 16.7 Å². The third kappa shape index (κ3) is 7.56. The Kier molecular flexibility index (Phi) is 9.63. The molecule has 0 aliphatic heterocycles. The third-order valence-electron chi connectivity index (χ3n) is 9.49. The zero-order valence-corrected chi connectivity index (χ0v) is 32.1. The van der Waals surface area contributed by atoms with Crippen molar-refractivity contribution in [1.29, 1.82) is 0 Å². The molecule has 0 unspecified atom stereocenters. The van der Waals surface area contributed by atoms with Gasteiger partial charge in [-0.05, 0) is 70.1 Å². The normalized spacial score (nSPS) is 12.1. The molecule has 0 saturated heterocycles. The minimum Gasteiger partial charge on any atom is -0.499 e. The smallest absolute Gasteiger partial charge is 0.139 e. The number of fused-ring (bicyclic) bond motifs is 3. The third-order valence-corrected chi connectivity index (χ3v) is 9.49. The first kappa shape index (κ1) is 32.6. The van der Waals surface area contributed by atoms with E-state index < -0.39 is 6.85 Å². The summed E-state index contributed by atoms with van der Waals surface area (Å²) in [5, 5.41) is 0.911. The van der Waals surface area contributed by atoms with Crippen molar-refractivity contribution in [3.05, 3.63) is 199 Å². The summed E-state index contributed by atoms with van der Waals surface area (Å²) in [6.45, 7) is 2.23. The van der Waals surface area contributed by atoms with E-state index in [9.17, 15) is 0 Å². The van der Waals surface area contributed by atoms with Crippen LogP contribution in [0.5, 0.6) is 0 Å². The Morgan fingerprint density at radius 1 is 0.611 bits per heavy atom. The predicted molar refractivity (Wildman–Crippen MR) is 216 cm³/mol. The van der Waals surface area contributed by atoms with Crippen molar-refractivity contribution in [2.24, 2.45) is 0 Å². The maximum atomic E-state index is 7.61. The molecule has 9 aromatic rings. The van der Waals surface area contributed by atoms with E-state index in [1.54, 1.807) is 24.5 Å². The van der Waals surface area contributed by atoms with E-state index in [4.69, 9.17) is 13.5 Å². The molecule has 1 radical (unpaired) electrons. The fourth-order valence-corrected chi connectivity index (χ4v) is 6.51. The largest absolute Gasteiger partial charge is 0.499 e. The number of aromatic nitrogens is 3. The summed E-state index contributed by atoms with van der Waals surface area (Å²) in [7, 11) is 0. The Balaban J connectivity index is 0.000000219. The fraction of sp³-hybridized carbons (Fsp3) is 0.0816. The van der Waals surface area contributed by atoms with Gasteiger partial charge in [-0.25, -0.2) is 4.98 Å². The maximum Gasteiger partial charge on any atom is 0.139 e. The number of pyridine rings is 3. The summed E-state index contributed by atoms with van der Waals surface area (Å²) < 4.78 is 29.1. The minimum absolute atomic E-state index is 0. The maximum absolute atomic E-state index is 7.61. The second kappa shape index (κ2) is 15.9. The van der Waals surface area contributed by atoms with Crippen molar-refractivity contribution in [1.82, 2.24) is 15.0 Å². The van der Waals surface area contributed by atoms with Crippen LogP contribution >= 0.6 is 0 Å². The quantitative estimate of drug-likeness (QED) is 0.156. The molecular formula is C49H37IrN3O-2. The van der Waals surface area contributed by atoms with Gasteiger partial charge < -0.3 is 14.4 Å². The molecule has 5 heteroatoms. The SMILES string of the molecule is [2H]C([2H])([2H])c1ccc(-c2ccnc(-c3[c-]ccc4c3oc3ccc(C(C)(C)c5ccccc5)nc34)c2)cc1.[Ir].[c-]1ccc(-c2ccccc2)cc1-c1ccccn1. The van der Waals surface area contributed by atoms with Gasteiger partial charge in [0.15, 0.2) is 0 Å². The van der Waals surface area contributed by atoms with Crippen LogP contribution in [-0.4, -0.2) is 15.0 Å². The van der Waals surface area contributed by atoms with E-state index >= 15 is 0 Å². The van der Waals surface area contributed by atoms with Gasteiger partial charge in [-0.2, -0.15) is 0 Å². The first-order valence-corrected chi connectivity index (χ1v) is 17.5. The fourth-order valence-electron chi connectivity index (χ4n) is 6.51. The molecule has 0 aliphatic rings. The molecule has 54 heavy (non-hydrogen) atoms. The number of furan rings is 1. The molecule has 0 amide bonds. The monoisotopic (exact) mass is 879 g/mol. The topological polar surface area (TPSA) is 51.8 Å². The van der Waals surface area contributed by atoms with Gasteiger partial charge >= 0.3 is 0 Å². The Morgan fingerprint density at radius 3 is 2.07 bits per heavy atom. The second-order valence-electron chi connectivity index (χ2n) is 13.3. The molecule has 0 spiro atoms. The molecule has 0 bridgehead atoms. The van der Waals surface area contributed by atoms with Crippen LogP contribution in [0.2, 0.25) is 0 Å². The predicted octanol–water partition coefficient (Wildman–Crippen LogP) is 12.4. The molecule has 265 valence electrons. The molecule has 4 aromatic heterocycles. The van der Waals surface area contributed by atoms with Crippen molar-refractivity contribution < 1.29 is 28.6 Å². The number of aryl methyl sites for hydroxylation is 1. The van der Waals surface area contributed by atoms with Gasteiger partial charge in [0.2, 0.25) is 0 Å². The molecule has 0 fully saturated rings. The van der Waals surface area contributed by atoms with Gasteiger partial charge in [-0.3, -0.25) is 0 Å². The average Bonchev–Trinajstić information content (AvgIpc) is 3.63. The Morgan fingerprint density at radius 2 is 1.31 bits per heavy atom. The minimum atomic E-state index is -2.13. The Labute approximate surface area is 334 Å². The number of rotatable bonds is 6. The van der Waals surface area contributed by atoms with Gasteiger partial charge in [0.25, 0.3) is 0 Å². The first-order valence-electron chi connectivity index (χ1n) is 19.0. The van der Waals surface area contributed by atoms with Crippen LogP contribution in [0.3, 0.4) is 0 Å². The standard InChI is InChI=1S/C32H25N2O.C17H12N.Ir/c1-21-12-14-22(15-13-21)23-18-19-33-27(20-23)25-10-7-11-26-30-28(35-31(25)26)16-17-29(34-30)32(2,3)24-8-5-4-6-9-24;1-2-7-14(8-3-1)15-9-6-10-16(13-15)17-11-4-5-12-18-17;/h4-9,11-20H,1-3H3;1-9,11-13H;/q2*-1;/i1D3;;. The van der Waals surface area contributed by atoms with Gasteiger partial charge in [0, 0.05) is 42.0 Å². The molecule has 0 aliphatic carbocycles. The average molecular weight is 879 g/mol. The Hall–Kier alpha value is -6.00. The second-order valence-corrected chi connectivity index (χ2v) is 13.3. The van der Waals surface area contributed by atoms with Crippen LogP contribution in [-0.2, 0) is 25.5 Å². The number of hydrogen-bond acceptors (Lipinski definition) is 4. The molecule has 5 aromatic carbocycles. The molecule has 0 N–H and O–H groups in total.